The van der Waals surface area contributed by atoms with E-state index in [1.165, 1.54) is 0 Å². The Morgan fingerprint density at radius 1 is 1.20 bits per heavy atom. The zero-order valence-electron chi connectivity index (χ0n) is 16.5. The summed E-state index contributed by atoms with van der Waals surface area (Å²) in [6.45, 7) is 2.62. The molecule has 1 aromatic heterocycles. The van der Waals surface area contributed by atoms with Crippen molar-refractivity contribution >= 4 is 40.1 Å². The summed E-state index contributed by atoms with van der Waals surface area (Å²) in [5, 5.41) is 11.9. The molecule has 0 spiro atoms. The molecule has 0 saturated heterocycles. The number of hydrogen-bond acceptors (Lipinski definition) is 4. The normalized spacial score (nSPS) is 14.1. The van der Waals surface area contributed by atoms with Gasteiger partial charge in [-0.05, 0) is 48.8 Å². The maximum atomic E-state index is 12.9. The number of allylic oxidation sites excluding steroid dienone is 1. The fraction of sp³-hybridized carbons (Fsp3) is 0.217. The van der Waals surface area contributed by atoms with Crippen molar-refractivity contribution < 1.29 is 14.7 Å². The average Bonchev–Trinajstić information content (AvgIpc) is 3.09. The van der Waals surface area contributed by atoms with Crippen LogP contribution in [-0.4, -0.2) is 26.5 Å². The number of carbonyl (C=O) groups is 2. The number of amides is 1. The third kappa shape index (κ3) is 4.00. The summed E-state index contributed by atoms with van der Waals surface area (Å²) in [6, 6.07) is 13.1. The Balaban J connectivity index is 1.69. The molecule has 1 aliphatic rings. The van der Waals surface area contributed by atoms with Gasteiger partial charge in [0.05, 0.1) is 17.3 Å². The average molecular weight is 403 g/mol. The van der Waals surface area contributed by atoms with Crippen molar-refractivity contribution in [3.05, 3.63) is 69.8 Å². The zero-order valence-corrected chi connectivity index (χ0v) is 16.5. The molecule has 2 aromatic carbocycles. The largest absolute Gasteiger partial charge is 0.481 e. The molecule has 0 radical (unpaired) electrons. The molecular formula is C23H21N3O4. The Kier molecular flexibility index (Phi) is 5.18. The van der Waals surface area contributed by atoms with Crippen LogP contribution in [0, 0.1) is 6.92 Å². The predicted octanol–water partition coefficient (Wildman–Crippen LogP) is 3.45. The zero-order chi connectivity index (χ0) is 21.3. The van der Waals surface area contributed by atoms with Gasteiger partial charge in [0.1, 0.15) is 5.82 Å². The topological polar surface area (TPSA) is 101 Å². The summed E-state index contributed by atoms with van der Waals surface area (Å²) in [6.07, 6.45) is 2.43. The van der Waals surface area contributed by atoms with E-state index in [2.05, 4.69) is 17.5 Å². The molecule has 2 heterocycles. The minimum Gasteiger partial charge on any atom is -0.481 e. The first-order valence-corrected chi connectivity index (χ1v) is 9.74. The Hall–Kier alpha value is -3.74. The van der Waals surface area contributed by atoms with Gasteiger partial charge in [0.15, 0.2) is 0 Å². The highest BCUT2D eigenvalue weighted by Crippen LogP contribution is 2.28. The van der Waals surface area contributed by atoms with Gasteiger partial charge in [-0.3, -0.25) is 19.0 Å². The van der Waals surface area contributed by atoms with Crippen molar-refractivity contribution in [1.82, 2.24) is 9.55 Å². The van der Waals surface area contributed by atoms with Crippen LogP contribution in [-0.2, 0) is 16.1 Å². The molecule has 0 bridgehead atoms. The Labute approximate surface area is 172 Å². The Bertz CT molecular complexity index is 1260. The number of rotatable bonds is 5. The van der Waals surface area contributed by atoms with E-state index in [1.54, 1.807) is 22.8 Å². The van der Waals surface area contributed by atoms with E-state index >= 15 is 0 Å². The number of carbonyl (C=O) groups excluding carboxylic acids is 1. The maximum Gasteiger partial charge on any atom is 0.303 e. The van der Waals surface area contributed by atoms with Crippen LogP contribution in [0.1, 0.15) is 36.2 Å². The number of fused-ring (bicyclic) bond motifs is 2. The number of anilines is 1. The molecule has 152 valence electrons. The summed E-state index contributed by atoms with van der Waals surface area (Å²) >= 11 is 0. The molecule has 0 fully saturated rings. The van der Waals surface area contributed by atoms with Crippen molar-refractivity contribution in [1.29, 1.82) is 0 Å². The van der Waals surface area contributed by atoms with Crippen molar-refractivity contribution in [3.63, 3.8) is 0 Å². The lowest BCUT2D eigenvalue weighted by atomic mass is 10.1. The minimum absolute atomic E-state index is 0.105. The number of nitrogens with one attached hydrogen (secondary N) is 1. The van der Waals surface area contributed by atoms with Gasteiger partial charge in [-0.15, -0.1) is 0 Å². The lowest BCUT2D eigenvalue weighted by Crippen LogP contribution is -2.21. The second-order valence-corrected chi connectivity index (χ2v) is 7.40. The van der Waals surface area contributed by atoms with E-state index in [1.807, 2.05) is 25.1 Å². The number of nitrogens with zero attached hydrogens (tertiary/aromatic N) is 2. The van der Waals surface area contributed by atoms with Crippen LogP contribution in [0.2, 0.25) is 0 Å². The fourth-order valence-electron chi connectivity index (χ4n) is 3.64. The first-order chi connectivity index (χ1) is 14.4. The van der Waals surface area contributed by atoms with E-state index in [0.29, 0.717) is 29.0 Å². The summed E-state index contributed by atoms with van der Waals surface area (Å²) < 4.78 is 1.69. The molecule has 1 aliphatic heterocycles. The van der Waals surface area contributed by atoms with Crippen LogP contribution >= 0.6 is 0 Å². The lowest BCUT2D eigenvalue weighted by molar-refractivity contribution is -0.138. The molecular weight excluding hydrogens is 382 g/mol. The summed E-state index contributed by atoms with van der Waals surface area (Å²) in [7, 11) is 0. The van der Waals surface area contributed by atoms with Crippen LogP contribution in [0.15, 0.2) is 47.3 Å². The number of benzene rings is 2. The van der Waals surface area contributed by atoms with E-state index in [-0.39, 0.29) is 18.4 Å². The Morgan fingerprint density at radius 2 is 2.03 bits per heavy atom. The summed E-state index contributed by atoms with van der Waals surface area (Å²) in [5.41, 5.74) is 4.10. The third-order valence-corrected chi connectivity index (χ3v) is 5.08. The van der Waals surface area contributed by atoms with Crippen molar-refractivity contribution in [2.45, 2.75) is 32.7 Å². The first kappa shape index (κ1) is 19.6. The molecule has 7 heteroatoms. The van der Waals surface area contributed by atoms with Crippen molar-refractivity contribution in [3.8, 4) is 0 Å². The minimum atomic E-state index is -1.03. The summed E-state index contributed by atoms with van der Waals surface area (Å²) in [4.78, 5) is 40.2. The number of aromatic nitrogens is 2. The fourth-order valence-corrected chi connectivity index (χ4v) is 3.64. The molecule has 7 nitrogen and oxygen atoms in total. The molecule has 3 aromatic rings. The molecule has 4 rings (SSSR count). The van der Waals surface area contributed by atoms with E-state index in [0.717, 1.165) is 23.1 Å². The molecule has 30 heavy (non-hydrogen) atoms. The highest BCUT2D eigenvalue weighted by Gasteiger charge is 2.21. The third-order valence-electron chi connectivity index (χ3n) is 5.08. The second kappa shape index (κ2) is 7.94. The standard InChI is InChI=1S/C23H21N3O4/c1-14-3-2-4-15(11-14)12-16-9-10-26-22(16)25-19-13-17(5-6-18(19)23(26)30)24-20(27)7-8-21(28)29/h2-6,11-13H,7-10H2,1H3,(H,24,27)(H,28,29)/b16-12+. The van der Waals surface area contributed by atoms with Crippen molar-refractivity contribution in [2.75, 3.05) is 5.32 Å². The number of aryl methyl sites for hydroxylation is 1. The van der Waals surface area contributed by atoms with Gasteiger partial charge < -0.3 is 10.4 Å². The van der Waals surface area contributed by atoms with Gasteiger partial charge in [0, 0.05) is 18.7 Å². The van der Waals surface area contributed by atoms with Gasteiger partial charge in [0.2, 0.25) is 5.91 Å². The quantitative estimate of drug-likeness (QED) is 0.679. The maximum absolute atomic E-state index is 12.9. The Morgan fingerprint density at radius 3 is 2.80 bits per heavy atom. The summed E-state index contributed by atoms with van der Waals surface area (Å²) in [5.74, 6) is -0.778. The number of aliphatic carboxylic acids is 1. The molecule has 0 aliphatic carbocycles. The highest BCUT2D eigenvalue weighted by atomic mass is 16.4. The highest BCUT2D eigenvalue weighted by molar-refractivity contribution is 5.95. The van der Waals surface area contributed by atoms with Crippen LogP contribution in [0.25, 0.3) is 22.6 Å². The molecule has 2 N–H and O–H groups in total. The molecule has 0 atom stereocenters. The molecule has 0 unspecified atom stereocenters. The van der Waals surface area contributed by atoms with Crippen LogP contribution < -0.4 is 10.9 Å². The van der Waals surface area contributed by atoms with Gasteiger partial charge in [-0.25, -0.2) is 4.98 Å². The van der Waals surface area contributed by atoms with Gasteiger partial charge in [-0.1, -0.05) is 29.8 Å². The molecule has 1 amide bonds. The van der Waals surface area contributed by atoms with E-state index in [4.69, 9.17) is 10.1 Å². The monoisotopic (exact) mass is 403 g/mol. The number of carboxylic acids is 1. The molecule has 0 saturated carbocycles. The van der Waals surface area contributed by atoms with Crippen molar-refractivity contribution in [2.24, 2.45) is 0 Å². The second-order valence-electron chi connectivity index (χ2n) is 7.40. The number of carboxylic acid groups (broad SMARTS) is 1. The van der Waals surface area contributed by atoms with Crippen LogP contribution in [0.3, 0.4) is 0 Å². The smallest absolute Gasteiger partial charge is 0.303 e. The van der Waals surface area contributed by atoms with Crippen LogP contribution in [0.4, 0.5) is 5.69 Å². The van der Waals surface area contributed by atoms with Gasteiger partial charge in [0.25, 0.3) is 5.56 Å². The first-order valence-electron chi connectivity index (χ1n) is 9.74. The van der Waals surface area contributed by atoms with E-state index in [9.17, 15) is 14.4 Å². The predicted molar refractivity (Wildman–Crippen MR) is 115 cm³/mol. The van der Waals surface area contributed by atoms with E-state index < -0.39 is 11.9 Å². The lowest BCUT2D eigenvalue weighted by Gasteiger charge is -2.08. The van der Waals surface area contributed by atoms with Crippen LogP contribution in [0.5, 0.6) is 0 Å². The number of hydrogen-bond donors (Lipinski definition) is 2. The van der Waals surface area contributed by atoms with Gasteiger partial charge in [-0.2, -0.15) is 0 Å². The van der Waals surface area contributed by atoms with Gasteiger partial charge >= 0.3 is 5.97 Å². The SMILES string of the molecule is Cc1cccc(/C=C2\CCn3c2nc2cc(NC(=O)CCC(=O)O)ccc2c3=O)c1.